The van der Waals surface area contributed by atoms with E-state index in [1.54, 1.807) is 11.8 Å². The molecule has 0 saturated carbocycles. The van der Waals surface area contributed by atoms with Gasteiger partial charge in [-0.1, -0.05) is 19.1 Å². The number of ether oxygens (including phenoxy) is 1. The van der Waals surface area contributed by atoms with Crippen molar-refractivity contribution >= 4 is 11.8 Å². The molecule has 0 amide bonds. The van der Waals surface area contributed by atoms with Gasteiger partial charge in [0.1, 0.15) is 5.75 Å². The molecule has 0 fully saturated rings. The Hall–Kier alpha value is -1.66. The van der Waals surface area contributed by atoms with Crippen molar-refractivity contribution in [1.82, 2.24) is 0 Å². The van der Waals surface area contributed by atoms with Crippen molar-refractivity contribution in [3.05, 3.63) is 59.2 Å². The van der Waals surface area contributed by atoms with Crippen LogP contribution in [0.5, 0.6) is 5.75 Å². The number of aliphatic hydroxyl groups excluding tert-OH is 1. The van der Waals surface area contributed by atoms with Crippen LogP contribution in [0.15, 0.2) is 47.4 Å². The number of rotatable bonds is 9. The fourth-order valence-corrected chi connectivity index (χ4v) is 3.53. The van der Waals surface area contributed by atoms with E-state index in [-0.39, 0.29) is 0 Å². The number of hydrogen-bond donors (Lipinski definition) is 1. The van der Waals surface area contributed by atoms with Gasteiger partial charge < -0.3 is 9.84 Å². The predicted molar refractivity (Wildman–Crippen MR) is 103 cm³/mol. The van der Waals surface area contributed by atoms with Crippen LogP contribution >= 0.6 is 11.8 Å². The molecule has 1 atom stereocenters. The highest BCUT2D eigenvalue weighted by Crippen LogP contribution is 2.29. The largest absolute Gasteiger partial charge is 0.493 e. The minimum atomic E-state index is -4.32. The van der Waals surface area contributed by atoms with E-state index in [9.17, 15) is 18.3 Å². The summed E-state index contributed by atoms with van der Waals surface area (Å²) in [4.78, 5) is 1.06. The first-order valence-corrected chi connectivity index (χ1v) is 9.98. The van der Waals surface area contributed by atoms with Gasteiger partial charge in [0, 0.05) is 10.6 Å². The summed E-state index contributed by atoms with van der Waals surface area (Å²) in [6.45, 7) is 4.75. The summed E-state index contributed by atoms with van der Waals surface area (Å²) in [5.41, 5.74) is 1.21. The molecule has 0 spiro atoms. The predicted octanol–water partition coefficient (Wildman–Crippen LogP) is 5.89. The first kappa shape index (κ1) is 21.6. The van der Waals surface area contributed by atoms with Gasteiger partial charge in [0.25, 0.3) is 0 Å². The molecular weight excluding hydrogens is 373 g/mol. The van der Waals surface area contributed by atoms with Gasteiger partial charge in [-0.15, -0.1) is 11.8 Å². The van der Waals surface area contributed by atoms with Gasteiger partial charge >= 0.3 is 6.18 Å². The number of benzene rings is 2. The van der Waals surface area contributed by atoms with Crippen LogP contribution in [0.25, 0.3) is 0 Å². The van der Waals surface area contributed by atoms with E-state index in [1.165, 1.54) is 12.1 Å². The summed E-state index contributed by atoms with van der Waals surface area (Å²) >= 11 is 1.56. The molecular formula is C21H25F3O2S. The van der Waals surface area contributed by atoms with Crippen molar-refractivity contribution in [2.24, 2.45) is 0 Å². The van der Waals surface area contributed by atoms with Gasteiger partial charge in [-0.05, 0) is 67.6 Å². The van der Waals surface area contributed by atoms with Crippen molar-refractivity contribution in [3.63, 3.8) is 0 Å². The molecule has 0 aromatic heterocycles. The molecule has 0 heterocycles. The van der Waals surface area contributed by atoms with E-state index in [4.69, 9.17) is 4.74 Å². The first-order chi connectivity index (χ1) is 12.8. The fraction of sp³-hybridized carbons (Fsp3) is 0.429. The molecule has 1 unspecified atom stereocenters. The quantitative estimate of drug-likeness (QED) is 0.534. The standard InChI is InChI=1S/C21H25F3O2S/c1-3-12-26-20-11-10-19(13-15(20)2)27-14-18(25)9-6-16-4-7-17(8-5-16)21(22,23)24/h4-5,7-8,10-11,13,18,25H,3,6,9,12,14H2,1-2H3. The van der Waals surface area contributed by atoms with Gasteiger partial charge in [-0.25, -0.2) is 0 Å². The molecule has 0 aliphatic rings. The molecule has 2 aromatic rings. The van der Waals surface area contributed by atoms with Crippen LogP contribution in [0.2, 0.25) is 0 Å². The zero-order valence-electron chi connectivity index (χ0n) is 15.6. The lowest BCUT2D eigenvalue weighted by Crippen LogP contribution is -2.11. The Kier molecular flexibility index (Phi) is 8.05. The van der Waals surface area contributed by atoms with Crippen LogP contribution in [-0.4, -0.2) is 23.6 Å². The molecule has 2 nitrogen and oxygen atoms in total. The van der Waals surface area contributed by atoms with Gasteiger partial charge in [0.05, 0.1) is 18.3 Å². The van der Waals surface area contributed by atoms with Crippen LogP contribution in [0.1, 0.15) is 36.5 Å². The van der Waals surface area contributed by atoms with Crippen LogP contribution in [-0.2, 0) is 12.6 Å². The molecule has 0 aliphatic carbocycles. The molecule has 0 bridgehead atoms. The van der Waals surface area contributed by atoms with Crippen molar-refractivity contribution in [1.29, 1.82) is 0 Å². The highest BCUT2D eigenvalue weighted by atomic mass is 32.2. The van der Waals surface area contributed by atoms with E-state index in [0.717, 1.165) is 40.3 Å². The van der Waals surface area contributed by atoms with E-state index in [2.05, 4.69) is 6.92 Å². The minimum Gasteiger partial charge on any atom is -0.493 e. The second-order valence-electron chi connectivity index (χ2n) is 6.47. The number of alkyl halides is 3. The number of aryl methyl sites for hydroxylation is 2. The van der Waals surface area contributed by atoms with Crippen LogP contribution in [0.3, 0.4) is 0 Å². The fourth-order valence-electron chi connectivity index (χ4n) is 2.56. The summed E-state index contributed by atoms with van der Waals surface area (Å²) in [5.74, 6) is 1.42. The monoisotopic (exact) mass is 398 g/mol. The van der Waals surface area contributed by atoms with Gasteiger partial charge in [-0.3, -0.25) is 0 Å². The van der Waals surface area contributed by atoms with Crippen LogP contribution in [0.4, 0.5) is 13.2 Å². The van der Waals surface area contributed by atoms with E-state index < -0.39 is 17.8 Å². The normalized spacial score (nSPS) is 12.8. The Balaban J connectivity index is 1.79. The van der Waals surface area contributed by atoms with Crippen molar-refractivity contribution in [2.45, 2.75) is 50.3 Å². The zero-order chi connectivity index (χ0) is 19.9. The molecule has 27 heavy (non-hydrogen) atoms. The molecule has 2 rings (SSSR count). The molecule has 0 aliphatic heterocycles. The molecule has 0 radical (unpaired) electrons. The second kappa shape index (κ2) is 10.0. The second-order valence-corrected chi connectivity index (χ2v) is 7.57. The summed E-state index contributed by atoms with van der Waals surface area (Å²) in [5, 5.41) is 10.2. The number of halogens is 3. The summed E-state index contributed by atoms with van der Waals surface area (Å²) in [7, 11) is 0. The SMILES string of the molecule is CCCOc1ccc(SCC(O)CCc2ccc(C(F)(F)F)cc2)cc1C. The average Bonchev–Trinajstić information content (AvgIpc) is 2.63. The molecule has 0 saturated heterocycles. The summed E-state index contributed by atoms with van der Waals surface area (Å²) in [6.07, 6.45) is -2.82. The third-order valence-electron chi connectivity index (χ3n) is 4.10. The topological polar surface area (TPSA) is 29.5 Å². The van der Waals surface area contributed by atoms with Crippen molar-refractivity contribution in [2.75, 3.05) is 12.4 Å². The minimum absolute atomic E-state index is 0.509. The third-order valence-corrected chi connectivity index (χ3v) is 5.24. The van der Waals surface area contributed by atoms with E-state index in [1.807, 2.05) is 25.1 Å². The third kappa shape index (κ3) is 7.11. The maximum atomic E-state index is 12.6. The first-order valence-electron chi connectivity index (χ1n) is 9.00. The van der Waals surface area contributed by atoms with Gasteiger partial charge in [0.2, 0.25) is 0 Å². The summed E-state index contributed by atoms with van der Waals surface area (Å²) in [6, 6.07) is 11.1. The van der Waals surface area contributed by atoms with Crippen LogP contribution in [0, 0.1) is 6.92 Å². The highest BCUT2D eigenvalue weighted by molar-refractivity contribution is 7.99. The van der Waals surface area contributed by atoms with Crippen molar-refractivity contribution < 1.29 is 23.0 Å². The zero-order valence-corrected chi connectivity index (χ0v) is 16.4. The van der Waals surface area contributed by atoms with E-state index in [0.29, 0.717) is 25.2 Å². The average molecular weight is 398 g/mol. The lowest BCUT2D eigenvalue weighted by Gasteiger charge is -2.13. The Morgan fingerprint density at radius 2 is 1.81 bits per heavy atom. The Bertz CT molecular complexity index is 714. The Labute approximate surface area is 162 Å². The lowest BCUT2D eigenvalue weighted by atomic mass is 10.1. The molecule has 148 valence electrons. The Morgan fingerprint density at radius 3 is 2.41 bits per heavy atom. The van der Waals surface area contributed by atoms with Gasteiger partial charge in [-0.2, -0.15) is 13.2 Å². The molecule has 2 aromatic carbocycles. The number of hydrogen-bond acceptors (Lipinski definition) is 3. The van der Waals surface area contributed by atoms with Gasteiger partial charge in [0.15, 0.2) is 0 Å². The maximum Gasteiger partial charge on any atom is 0.416 e. The Morgan fingerprint density at radius 1 is 1.11 bits per heavy atom. The van der Waals surface area contributed by atoms with E-state index >= 15 is 0 Å². The molecule has 6 heteroatoms. The van der Waals surface area contributed by atoms with Crippen molar-refractivity contribution in [3.8, 4) is 5.75 Å². The van der Waals surface area contributed by atoms with Crippen LogP contribution < -0.4 is 4.74 Å². The molecule has 1 N–H and O–H groups in total. The lowest BCUT2D eigenvalue weighted by molar-refractivity contribution is -0.137. The maximum absolute atomic E-state index is 12.6. The number of thioether (sulfide) groups is 1. The smallest absolute Gasteiger partial charge is 0.416 e. The highest BCUT2D eigenvalue weighted by Gasteiger charge is 2.29. The number of aliphatic hydroxyl groups is 1. The summed E-state index contributed by atoms with van der Waals surface area (Å²) < 4.78 is 43.3.